The van der Waals surface area contributed by atoms with Gasteiger partial charge < -0.3 is 14.6 Å². The number of fused-ring (bicyclic) bond motifs is 2. The zero-order chi connectivity index (χ0) is 24.7. The molecule has 0 amide bonds. The van der Waals surface area contributed by atoms with E-state index in [0.717, 1.165) is 17.0 Å². The summed E-state index contributed by atoms with van der Waals surface area (Å²) in [4.78, 5) is 28.3. The lowest BCUT2D eigenvalue weighted by molar-refractivity contribution is 0.0695. The Morgan fingerprint density at radius 3 is 2.34 bits per heavy atom. The molecule has 0 spiro atoms. The lowest BCUT2D eigenvalue weighted by atomic mass is 10.0. The maximum atomic E-state index is 15.1. The van der Waals surface area contributed by atoms with Gasteiger partial charge >= 0.3 is 5.97 Å². The Morgan fingerprint density at radius 2 is 1.66 bits per heavy atom. The van der Waals surface area contributed by atoms with Gasteiger partial charge in [0.2, 0.25) is 5.43 Å². The van der Waals surface area contributed by atoms with Crippen LogP contribution >= 0.6 is 0 Å². The first-order valence-corrected chi connectivity index (χ1v) is 11.6. The fourth-order valence-electron chi connectivity index (χ4n) is 4.91. The minimum Gasteiger partial charge on any atom is -0.477 e. The lowest BCUT2D eigenvalue weighted by Gasteiger charge is -2.36. The van der Waals surface area contributed by atoms with Crippen LogP contribution in [0, 0.1) is 11.6 Å². The van der Waals surface area contributed by atoms with Crippen molar-refractivity contribution in [3.05, 3.63) is 87.7 Å². The first kappa shape index (κ1) is 23.0. The van der Waals surface area contributed by atoms with Gasteiger partial charge in [-0.25, -0.2) is 13.6 Å². The van der Waals surface area contributed by atoms with Crippen molar-refractivity contribution in [1.29, 1.82) is 0 Å². The molecule has 0 saturated carbocycles. The predicted octanol–water partition coefficient (Wildman–Crippen LogP) is 4.47. The number of hydrogen-bond acceptors (Lipinski definition) is 4. The van der Waals surface area contributed by atoms with Crippen molar-refractivity contribution in [1.82, 2.24) is 9.47 Å². The summed E-state index contributed by atoms with van der Waals surface area (Å²) >= 11 is 0. The molecule has 1 aromatic heterocycles. The van der Waals surface area contributed by atoms with E-state index in [0.29, 0.717) is 55.9 Å². The molecule has 2 heterocycles. The highest BCUT2D eigenvalue weighted by Crippen LogP contribution is 2.28. The smallest absolute Gasteiger partial charge is 0.341 e. The van der Waals surface area contributed by atoms with Crippen molar-refractivity contribution in [3.63, 3.8) is 0 Å². The van der Waals surface area contributed by atoms with Crippen molar-refractivity contribution < 1.29 is 18.7 Å². The second kappa shape index (κ2) is 9.11. The SMILES string of the molecule is CCn1cc(C(=O)O)c(=O)c2cc(F)c(N3CCN(Cc4ccc(F)c5ccccc45)CC3)cc21. The number of hydrogen-bond donors (Lipinski definition) is 1. The van der Waals surface area contributed by atoms with Gasteiger partial charge in [0, 0.05) is 56.2 Å². The number of aromatic nitrogens is 1. The molecule has 1 fully saturated rings. The normalized spacial score (nSPS) is 14.7. The van der Waals surface area contributed by atoms with Gasteiger partial charge in [0.05, 0.1) is 11.2 Å². The summed E-state index contributed by atoms with van der Waals surface area (Å²) in [5.41, 5.74) is 0.911. The molecular formula is C27H25F2N3O3. The van der Waals surface area contributed by atoms with E-state index in [9.17, 15) is 19.1 Å². The number of carboxylic acids is 1. The predicted molar refractivity (Wildman–Crippen MR) is 132 cm³/mol. The molecule has 0 atom stereocenters. The van der Waals surface area contributed by atoms with E-state index < -0.39 is 17.2 Å². The van der Waals surface area contributed by atoms with Crippen molar-refractivity contribution in [2.24, 2.45) is 0 Å². The molecule has 8 heteroatoms. The van der Waals surface area contributed by atoms with Gasteiger partial charge in [-0.3, -0.25) is 9.69 Å². The maximum Gasteiger partial charge on any atom is 0.341 e. The van der Waals surface area contributed by atoms with Crippen LogP contribution in [0.25, 0.3) is 21.7 Å². The van der Waals surface area contributed by atoms with Gasteiger partial charge in [0.1, 0.15) is 17.2 Å². The summed E-state index contributed by atoms with van der Waals surface area (Å²) in [6.45, 7) is 5.53. The molecule has 3 aromatic carbocycles. The van der Waals surface area contributed by atoms with Crippen LogP contribution in [-0.4, -0.2) is 46.7 Å². The fourth-order valence-corrected chi connectivity index (χ4v) is 4.91. The van der Waals surface area contributed by atoms with Crippen molar-refractivity contribution >= 4 is 33.3 Å². The number of aromatic carboxylic acids is 1. The second-order valence-electron chi connectivity index (χ2n) is 8.80. The Labute approximate surface area is 200 Å². The Balaban J connectivity index is 1.39. The number of aryl methyl sites for hydroxylation is 1. The van der Waals surface area contributed by atoms with E-state index in [-0.39, 0.29) is 16.8 Å². The Morgan fingerprint density at radius 1 is 0.943 bits per heavy atom. The van der Waals surface area contributed by atoms with Crippen molar-refractivity contribution in [3.8, 4) is 0 Å². The molecule has 1 aliphatic rings. The first-order chi connectivity index (χ1) is 16.9. The minimum absolute atomic E-state index is 0.0647. The second-order valence-corrected chi connectivity index (χ2v) is 8.80. The molecule has 1 saturated heterocycles. The average Bonchev–Trinajstić information content (AvgIpc) is 2.86. The van der Waals surface area contributed by atoms with E-state index in [2.05, 4.69) is 4.90 Å². The average molecular weight is 478 g/mol. The molecule has 0 bridgehead atoms. The number of rotatable bonds is 5. The summed E-state index contributed by atoms with van der Waals surface area (Å²) in [5.74, 6) is -2.10. The fraction of sp³-hybridized carbons (Fsp3) is 0.259. The number of halogens is 2. The number of anilines is 1. The van der Waals surface area contributed by atoms with Crippen LogP contribution in [0.1, 0.15) is 22.8 Å². The Bertz CT molecular complexity index is 1510. The lowest BCUT2D eigenvalue weighted by Crippen LogP contribution is -2.46. The van der Waals surface area contributed by atoms with E-state index in [1.807, 2.05) is 36.1 Å². The van der Waals surface area contributed by atoms with Crippen LogP contribution in [0.5, 0.6) is 0 Å². The van der Waals surface area contributed by atoms with E-state index in [1.165, 1.54) is 12.3 Å². The van der Waals surface area contributed by atoms with E-state index in [4.69, 9.17) is 0 Å². The summed E-state index contributed by atoms with van der Waals surface area (Å²) in [6.07, 6.45) is 1.32. The van der Waals surface area contributed by atoms with Gasteiger partial charge in [-0.05, 0) is 36.1 Å². The number of carbonyl (C=O) groups is 1. The molecule has 180 valence electrons. The topological polar surface area (TPSA) is 65.8 Å². The van der Waals surface area contributed by atoms with E-state index >= 15 is 4.39 Å². The van der Waals surface area contributed by atoms with Crippen LogP contribution in [0.2, 0.25) is 0 Å². The van der Waals surface area contributed by atoms with Crippen LogP contribution in [0.15, 0.2) is 59.5 Å². The summed E-state index contributed by atoms with van der Waals surface area (Å²) in [6, 6.07) is 13.6. The van der Waals surface area contributed by atoms with Crippen LogP contribution < -0.4 is 10.3 Å². The van der Waals surface area contributed by atoms with Crippen molar-refractivity contribution in [2.75, 3.05) is 31.1 Å². The Kier molecular flexibility index (Phi) is 5.98. The summed E-state index contributed by atoms with van der Waals surface area (Å²) < 4.78 is 31.0. The zero-order valence-electron chi connectivity index (χ0n) is 19.3. The third kappa shape index (κ3) is 4.14. The number of piperazine rings is 1. The molecular weight excluding hydrogens is 452 g/mol. The highest BCUT2D eigenvalue weighted by atomic mass is 19.1. The first-order valence-electron chi connectivity index (χ1n) is 11.6. The van der Waals surface area contributed by atoms with Gasteiger partial charge in [0.25, 0.3) is 0 Å². The monoisotopic (exact) mass is 477 g/mol. The van der Waals surface area contributed by atoms with Crippen molar-refractivity contribution in [2.45, 2.75) is 20.0 Å². The van der Waals surface area contributed by atoms with Gasteiger partial charge in [-0.1, -0.05) is 30.3 Å². The van der Waals surface area contributed by atoms with Crippen LogP contribution in [0.4, 0.5) is 14.5 Å². The number of pyridine rings is 1. The molecule has 0 unspecified atom stereocenters. The quantitative estimate of drug-likeness (QED) is 0.459. The number of benzene rings is 3. The molecule has 1 aliphatic heterocycles. The molecule has 4 aromatic rings. The minimum atomic E-state index is -1.33. The highest BCUT2D eigenvalue weighted by molar-refractivity contribution is 5.93. The largest absolute Gasteiger partial charge is 0.477 e. The van der Waals surface area contributed by atoms with Crippen LogP contribution in [0.3, 0.4) is 0 Å². The van der Waals surface area contributed by atoms with Gasteiger partial charge in [-0.2, -0.15) is 0 Å². The summed E-state index contributed by atoms with van der Waals surface area (Å²) in [5, 5.41) is 10.9. The third-order valence-corrected chi connectivity index (χ3v) is 6.79. The summed E-state index contributed by atoms with van der Waals surface area (Å²) in [7, 11) is 0. The van der Waals surface area contributed by atoms with E-state index in [1.54, 1.807) is 16.7 Å². The third-order valence-electron chi connectivity index (χ3n) is 6.79. The zero-order valence-corrected chi connectivity index (χ0v) is 19.3. The number of carboxylic acid groups (broad SMARTS) is 1. The standard InChI is InChI=1S/C27H25F2N3O3/c1-2-31-16-21(27(34)35)26(33)20-13-23(29)25(14-24(20)31)32-11-9-30(10-12-32)15-17-7-8-22(28)19-6-4-3-5-18(17)19/h3-8,13-14,16H,2,9-12,15H2,1H3,(H,34,35). The molecule has 0 aliphatic carbocycles. The molecule has 0 radical (unpaired) electrons. The molecule has 6 nitrogen and oxygen atoms in total. The highest BCUT2D eigenvalue weighted by Gasteiger charge is 2.23. The van der Waals surface area contributed by atoms with Gasteiger partial charge in [-0.15, -0.1) is 0 Å². The van der Waals surface area contributed by atoms with Crippen LogP contribution in [-0.2, 0) is 13.1 Å². The molecule has 35 heavy (non-hydrogen) atoms. The number of nitrogens with zero attached hydrogens (tertiary/aromatic N) is 3. The molecule has 1 N–H and O–H groups in total. The maximum absolute atomic E-state index is 15.1. The Hall–Kier alpha value is -3.78. The molecule has 5 rings (SSSR count). The van der Waals surface area contributed by atoms with Gasteiger partial charge in [0.15, 0.2) is 0 Å².